The average molecular weight is 790 g/mol. The maximum absolute atomic E-state index is 12.9. The number of amides is 1. The van der Waals surface area contributed by atoms with E-state index in [-0.39, 0.29) is 6.42 Å². The van der Waals surface area contributed by atoms with E-state index in [4.69, 9.17) is 9.05 Å². The van der Waals surface area contributed by atoms with Crippen LogP contribution in [0.1, 0.15) is 136 Å². The second-order valence-electron chi connectivity index (χ2n) is 14.3. The first-order chi connectivity index (χ1) is 25.8. The largest absolute Gasteiger partial charge is 0.472 e. The van der Waals surface area contributed by atoms with Crippen LogP contribution in [0, 0.1) is 0 Å². The predicted molar refractivity (Wildman–Crippen MR) is 210 cm³/mol. The summed E-state index contributed by atoms with van der Waals surface area (Å²) in [5.41, 5.74) is 0. The van der Waals surface area contributed by atoms with Gasteiger partial charge in [0.15, 0.2) is 0 Å². The number of carbonyl (C=O) groups is 1. The SMILES string of the molecule is CCCC/C=C\CCCCC(O)CC(=O)NC(COP(=O)(O)OC1C(O)C(O)C(O)C(O)C1O)C(O)/C=C/CC/C=C/CC/C=C/CCCCCCCC. The topological polar surface area (TPSA) is 226 Å². The molecule has 0 aromatic rings. The van der Waals surface area contributed by atoms with E-state index in [1.165, 1.54) is 44.6 Å². The summed E-state index contributed by atoms with van der Waals surface area (Å²) in [5.74, 6) is -0.626. The molecule has 0 aliphatic heterocycles. The third-order valence-corrected chi connectivity index (χ3v) is 10.3. The predicted octanol–water partition coefficient (Wildman–Crippen LogP) is 5.19. The molecule has 1 aliphatic carbocycles. The Kier molecular flexibility index (Phi) is 28.3. The molecule has 1 aliphatic rings. The number of phosphoric acid groups is 1. The zero-order valence-electron chi connectivity index (χ0n) is 32.6. The van der Waals surface area contributed by atoms with E-state index in [1.54, 1.807) is 6.08 Å². The molecule has 14 heteroatoms. The van der Waals surface area contributed by atoms with Gasteiger partial charge in [0.1, 0.15) is 36.6 Å². The lowest BCUT2D eigenvalue weighted by Crippen LogP contribution is -2.64. The maximum Gasteiger partial charge on any atom is 0.472 e. The molecule has 0 spiro atoms. The normalized spacial score (nSPS) is 25.1. The molecule has 1 saturated carbocycles. The smallest absolute Gasteiger partial charge is 0.393 e. The van der Waals surface area contributed by atoms with Crippen molar-refractivity contribution in [2.75, 3.05) is 6.61 Å². The van der Waals surface area contributed by atoms with E-state index in [1.807, 2.05) is 6.08 Å². The van der Waals surface area contributed by atoms with E-state index in [9.17, 15) is 50.0 Å². The van der Waals surface area contributed by atoms with Gasteiger partial charge < -0.3 is 46.0 Å². The summed E-state index contributed by atoms with van der Waals surface area (Å²) < 4.78 is 22.7. The highest BCUT2D eigenvalue weighted by Crippen LogP contribution is 2.47. The van der Waals surface area contributed by atoms with Crippen LogP contribution in [-0.2, 0) is 18.4 Å². The molecule has 1 rings (SSSR count). The molecular weight excluding hydrogens is 717 g/mol. The Hall–Kier alpha value is -1.74. The highest BCUT2D eigenvalue weighted by molar-refractivity contribution is 7.47. The Morgan fingerprint density at radius 2 is 1.11 bits per heavy atom. The number of unbranched alkanes of at least 4 members (excludes halogenated alkanes) is 12. The van der Waals surface area contributed by atoms with Crippen LogP contribution in [0.2, 0.25) is 0 Å². The van der Waals surface area contributed by atoms with Gasteiger partial charge in [-0.15, -0.1) is 0 Å². The second-order valence-corrected chi connectivity index (χ2v) is 15.7. The molecule has 1 amide bonds. The van der Waals surface area contributed by atoms with Gasteiger partial charge in [0.2, 0.25) is 5.91 Å². The number of hydrogen-bond donors (Lipinski definition) is 9. The molecule has 8 atom stereocenters. The molecule has 13 nitrogen and oxygen atoms in total. The molecule has 0 bridgehead atoms. The Balaban J connectivity index is 2.69. The summed E-state index contributed by atoms with van der Waals surface area (Å²) in [7, 11) is -5.15. The monoisotopic (exact) mass is 789 g/mol. The fourth-order valence-electron chi connectivity index (χ4n) is 5.96. The van der Waals surface area contributed by atoms with E-state index < -0.39 is 75.2 Å². The first-order valence-corrected chi connectivity index (χ1v) is 21.7. The van der Waals surface area contributed by atoms with Gasteiger partial charge in [0.25, 0.3) is 0 Å². The van der Waals surface area contributed by atoms with Crippen LogP contribution < -0.4 is 5.32 Å². The molecule has 9 N–H and O–H groups in total. The summed E-state index contributed by atoms with van der Waals surface area (Å²) in [4.78, 5) is 23.2. The number of allylic oxidation sites excluding steroid dienone is 7. The maximum atomic E-state index is 12.9. The van der Waals surface area contributed by atoms with Gasteiger partial charge >= 0.3 is 7.82 Å². The van der Waals surface area contributed by atoms with Crippen LogP contribution in [0.5, 0.6) is 0 Å². The Morgan fingerprint density at radius 1 is 0.648 bits per heavy atom. The zero-order chi connectivity index (χ0) is 40.2. The number of rotatable bonds is 31. The van der Waals surface area contributed by atoms with Gasteiger partial charge in [-0.3, -0.25) is 13.8 Å². The number of phosphoric ester groups is 1. The summed E-state index contributed by atoms with van der Waals surface area (Å²) in [5, 5.41) is 74.0. The van der Waals surface area contributed by atoms with Gasteiger partial charge in [0.05, 0.1) is 31.3 Å². The number of carbonyl (C=O) groups excluding carboxylic acids is 1. The van der Waals surface area contributed by atoms with Gasteiger partial charge in [-0.1, -0.05) is 114 Å². The Labute approximate surface area is 323 Å². The van der Waals surface area contributed by atoms with Crippen LogP contribution in [0.3, 0.4) is 0 Å². The van der Waals surface area contributed by atoms with Crippen molar-refractivity contribution in [2.24, 2.45) is 0 Å². The third kappa shape index (κ3) is 22.7. The van der Waals surface area contributed by atoms with Crippen LogP contribution in [0.4, 0.5) is 0 Å². The summed E-state index contributed by atoms with van der Waals surface area (Å²) in [6.07, 6.45) is 19.5. The van der Waals surface area contributed by atoms with Crippen molar-refractivity contribution >= 4 is 13.7 Å². The number of aliphatic hydroxyl groups is 7. The zero-order valence-corrected chi connectivity index (χ0v) is 33.5. The van der Waals surface area contributed by atoms with E-state index >= 15 is 0 Å². The molecule has 0 aromatic carbocycles. The van der Waals surface area contributed by atoms with Crippen LogP contribution in [-0.4, -0.2) is 108 Å². The summed E-state index contributed by atoms with van der Waals surface area (Å²) in [6, 6.07) is -1.27. The van der Waals surface area contributed by atoms with Crippen molar-refractivity contribution < 1.29 is 59.0 Å². The molecule has 314 valence electrons. The van der Waals surface area contributed by atoms with Crippen molar-refractivity contribution in [3.8, 4) is 0 Å². The van der Waals surface area contributed by atoms with Crippen molar-refractivity contribution in [3.63, 3.8) is 0 Å². The number of nitrogens with one attached hydrogen (secondary N) is 1. The molecule has 0 aromatic heterocycles. The molecule has 8 unspecified atom stereocenters. The van der Waals surface area contributed by atoms with Crippen LogP contribution >= 0.6 is 7.82 Å². The minimum absolute atomic E-state index is 0.274. The number of aliphatic hydroxyl groups excluding tert-OH is 7. The van der Waals surface area contributed by atoms with Gasteiger partial charge in [-0.25, -0.2) is 4.57 Å². The fraction of sp³-hybridized carbons (Fsp3) is 0.775. The standard InChI is InChI=1S/C40H72NO12P/c1-3-5-7-9-11-13-14-15-16-17-18-19-20-22-24-26-28-33(43)32(41-34(44)29-31(42)27-25-23-21-12-10-8-6-4-2)30-52-54(50,51)53-40-38(48)36(46)35(45)37(47)39(40)49/h10,12,15-16,19-20,26,28,31-33,35-40,42-43,45-49H,3-9,11,13-14,17-18,21-25,27,29-30H2,1-2H3,(H,41,44)(H,50,51)/b12-10-,16-15+,20-19+,28-26+. The van der Waals surface area contributed by atoms with Crippen LogP contribution in [0.15, 0.2) is 48.6 Å². The van der Waals surface area contributed by atoms with Crippen molar-refractivity contribution in [3.05, 3.63) is 48.6 Å². The quantitative estimate of drug-likeness (QED) is 0.0251. The molecule has 0 heterocycles. The molecule has 1 fully saturated rings. The highest BCUT2D eigenvalue weighted by atomic mass is 31.2. The average Bonchev–Trinajstić information content (AvgIpc) is 3.14. The first-order valence-electron chi connectivity index (χ1n) is 20.2. The van der Waals surface area contributed by atoms with Crippen LogP contribution in [0.25, 0.3) is 0 Å². The second kappa shape index (κ2) is 30.4. The van der Waals surface area contributed by atoms with Crippen molar-refractivity contribution in [2.45, 2.75) is 191 Å². The highest BCUT2D eigenvalue weighted by Gasteiger charge is 2.51. The number of hydrogen-bond acceptors (Lipinski definition) is 11. The lowest BCUT2D eigenvalue weighted by atomic mass is 9.85. The van der Waals surface area contributed by atoms with E-state index in [0.29, 0.717) is 25.7 Å². The Bertz CT molecular complexity index is 1120. The van der Waals surface area contributed by atoms with Gasteiger partial charge in [-0.05, 0) is 64.2 Å². The van der Waals surface area contributed by atoms with E-state index in [0.717, 1.165) is 51.4 Å². The third-order valence-electron chi connectivity index (χ3n) is 9.36. The van der Waals surface area contributed by atoms with Crippen molar-refractivity contribution in [1.82, 2.24) is 5.32 Å². The minimum atomic E-state index is -5.15. The Morgan fingerprint density at radius 3 is 1.69 bits per heavy atom. The first kappa shape index (κ1) is 50.3. The molecule has 0 saturated heterocycles. The minimum Gasteiger partial charge on any atom is -0.393 e. The van der Waals surface area contributed by atoms with E-state index in [2.05, 4.69) is 49.5 Å². The summed E-state index contributed by atoms with van der Waals surface area (Å²) in [6.45, 7) is 3.60. The van der Waals surface area contributed by atoms with Gasteiger partial charge in [-0.2, -0.15) is 0 Å². The molecular formula is C40H72NO12P. The lowest BCUT2D eigenvalue weighted by molar-refractivity contribution is -0.220. The lowest BCUT2D eigenvalue weighted by Gasteiger charge is -2.41. The summed E-state index contributed by atoms with van der Waals surface area (Å²) >= 11 is 0. The molecule has 54 heavy (non-hydrogen) atoms. The van der Waals surface area contributed by atoms with Crippen molar-refractivity contribution in [1.29, 1.82) is 0 Å². The van der Waals surface area contributed by atoms with Gasteiger partial charge in [0, 0.05) is 0 Å². The fourth-order valence-corrected chi connectivity index (χ4v) is 6.92. The molecule has 0 radical (unpaired) electrons.